The number of hydrogen-bond acceptors (Lipinski definition) is 3. The van der Waals surface area contributed by atoms with Crippen LogP contribution in [0.2, 0.25) is 0 Å². The molecule has 25 heavy (non-hydrogen) atoms. The van der Waals surface area contributed by atoms with E-state index in [1.54, 1.807) is 30.3 Å². The summed E-state index contributed by atoms with van der Waals surface area (Å²) in [5, 5.41) is 4.53. The highest BCUT2D eigenvalue weighted by Gasteiger charge is 2.42. The molecule has 0 radical (unpaired) electrons. The van der Waals surface area contributed by atoms with Gasteiger partial charge in [0.1, 0.15) is 0 Å². The maximum absolute atomic E-state index is 13.1. The van der Waals surface area contributed by atoms with Crippen LogP contribution < -0.4 is 0 Å². The molecule has 1 atom stereocenters. The third-order valence-corrected chi connectivity index (χ3v) is 6.56. The van der Waals surface area contributed by atoms with Gasteiger partial charge in [-0.2, -0.15) is 17.9 Å². The second kappa shape index (κ2) is 6.57. The highest BCUT2D eigenvalue weighted by molar-refractivity contribution is 9.10. The minimum Gasteiger partial charge on any atom is -0.200 e. The number of sulfonamides is 1. The van der Waals surface area contributed by atoms with Crippen molar-refractivity contribution in [3.8, 4) is 0 Å². The Bertz CT molecular complexity index is 885. The molecule has 0 spiro atoms. The van der Waals surface area contributed by atoms with E-state index in [2.05, 4.69) is 21.0 Å². The molecule has 0 N–H and O–H groups in total. The van der Waals surface area contributed by atoms with Gasteiger partial charge < -0.3 is 0 Å². The van der Waals surface area contributed by atoms with Crippen molar-refractivity contribution in [3.05, 3.63) is 64.6 Å². The van der Waals surface area contributed by atoms with Crippen LogP contribution in [0, 0.1) is 5.41 Å². The lowest BCUT2D eigenvalue weighted by Gasteiger charge is -2.33. The molecule has 0 fully saturated rings. The van der Waals surface area contributed by atoms with Crippen LogP contribution in [0.25, 0.3) is 0 Å². The van der Waals surface area contributed by atoms with Gasteiger partial charge in [0, 0.05) is 10.9 Å². The number of hydrazone groups is 1. The van der Waals surface area contributed by atoms with Crippen LogP contribution in [0.4, 0.5) is 0 Å². The summed E-state index contributed by atoms with van der Waals surface area (Å²) in [6, 6.07) is 16.1. The molecule has 2 aromatic rings. The third-order valence-electron chi connectivity index (χ3n) is 4.34. The number of benzene rings is 2. The number of hydrogen-bond donors (Lipinski definition) is 0. The van der Waals surface area contributed by atoms with E-state index in [1.807, 2.05) is 45.0 Å². The Balaban J connectivity index is 2.06. The van der Waals surface area contributed by atoms with E-state index in [9.17, 15) is 8.42 Å². The largest absolute Gasteiger partial charge is 0.279 e. The summed E-state index contributed by atoms with van der Waals surface area (Å²) in [6.07, 6.45) is 0.594. The molecule has 3 rings (SSSR count). The standard InChI is InChI=1S/C19H21BrN2O2S/c1-19(2,3)18-13-17(14-9-11-15(20)12-10-14)21-22(18)25(23,24)16-7-5-4-6-8-16/h4-12,18H,13H2,1-3H3. The molecule has 0 aliphatic carbocycles. The lowest BCUT2D eigenvalue weighted by Crippen LogP contribution is -2.41. The lowest BCUT2D eigenvalue weighted by molar-refractivity contribution is 0.203. The average Bonchev–Trinajstić information content (AvgIpc) is 3.03. The molecule has 4 nitrogen and oxygen atoms in total. The summed E-state index contributed by atoms with van der Waals surface area (Å²) in [4.78, 5) is 0.269. The van der Waals surface area contributed by atoms with E-state index in [1.165, 1.54) is 4.41 Å². The first kappa shape index (κ1) is 18.1. The van der Waals surface area contributed by atoms with Gasteiger partial charge in [0.25, 0.3) is 10.0 Å². The SMILES string of the molecule is CC(C)(C)C1CC(c2ccc(Br)cc2)=NN1S(=O)(=O)c1ccccc1. The fourth-order valence-corrected chi connectivity index (χ4v) is 4.78. The van der Waals surface area contributed by atoms with E-state index in [4.69, 9.17) is 0 Å². The second-order valence-electron chi connectivity index (χ2n) is 7.23. The van der Waals surface area contributed by atoms with Crippen molar-refractivity contribution in [1.82, 2.24) is 4.41 Å². The Morgan fingerprint density at radius 2 is 1.64 bits per heavy atom. The highest BCUT2D eigenvalue weighted by atomic mass is 79.9. The van der Waals surface area contributed by atoms with Gasteiger partial charge in [-0.05, 0) is 35.2 Å². The Kier molecular flexibility index (Phi) is 4.77. The van der Waals surface area contributed by atoms with Crippen LogP contribution in [-0.2, 0) is 10.0 Å². The zero-order valence-corrected chi connectivity index (χ0v) is 16.9. The van der Waals surface area contributed by atoms with E-state index in [0.717, 1.165) is 15.7 Å². The molecule has 2 aromatic carbocycles. The van der Waals surface area contributed by atoms with Gasteiger partial charge in [-0.25, -0.2) is 0 Å². The van der Waals surface area contributed by atoms with Crippen molar-refractivity contribution < 1.29 is 8.42 Å². The van der Waals surface area contributed by atoms with Crippen LogP contribution in [0.15, 0.2) is 69.1 Å². The van der Waals surface area contributed by atoms with E-state index in [-0.39, 0.29) is 16.4 Å². The van der Waals surface area contributed by atoms with Gasteiger partial charge in [-0.1, -0.05) is 67.0 Å². The third kappa shape index (κ3) is 3.65. The molecule has 1 aliphatic heterocycles. The molecule has 1 heterocycles. The molecule has 0 saturated heterocycles. The maximum atomic E-state index is 13.1. The molecular formula is C19H21BrN2O2S. The smallest absolute Gasteiger partial charge is 0.200 e. The van der Waals surface area contributed by atoms with Crippen LogP contribution in [0.5, 0.6) is 0 Å². The summed E-state index contributed by atoms with van der Waals surface area (Å²) in [6.45, 7) is 6.14. The average molecular weight is 421 g/mol. The predicted molar refractivity (Wildman–Crippen MR) is 104 cm³/mol. The molecule has 0 saturated carbocycles. The van der Waals surface area contributed by atoms with Gasteiger partial charge in [0.15, 0.2) is 0 Å². The highest BCUT2D eigenvalue weighted by Crippen LogP contribution is 2.37. The molecule has 132 valence electrons. The van der Waals surface area contributed by atoms with Gasteiger partial charge >= 0.3 is 0 Å². The van der Waals surface area contributed by atoms with Crippen LogP contribution in [0.3, 0.4) is 0 Å². The summed E-state index contributed by atoms with van der Waals surface area (Å²) >= 11 is 3.43. The van der Waals surface area contributed by atoms with Crippen molar-refractivity contribution >= 4 is 31.7 Å². The summed E-state index contributed by atoms with van der Waals surface area (Å²) in [7, 11) is -3.68. The lowest BCUT2D eigenvalue weighted by atomic mass is 9.84. The molecule has 0 bridgehead atoms. The van der Waals surface area contributed by atoms with Crippen LogP contribution in [0.1, 0.15) is 32.8 Å². The molecular weight excluding hydrogens is 400 g/mol. The Hall–Kier alpha value is -1.66. The number of nitrogens with zero attached hydrogens (tertiary/aromatic N) is 2. The van der Waals surface area contributed by atoms with E-state index < -0.39 is 10.0 Å². The molecule has 1 unspecified atom stereocenters. The Labute approximate surface area is 157 Å². The molecule has 1 aliphatic rings. The Morgan fingerprint density at radius 1 is 1.04 bits per heavy atom. The zero-order valence-electron chi connectivity index (χ0n) is 14.5. The van der Waals surface area contributed by atoms with Crippen molar-refractivity contribution in [2.45, 2.75) is 38.1 Å². The number of rotatable bonds is 3. The van der Waals surface area contributed by atoms with Crippen LogP contribution in [-0.4, -0.2) is 24.6 Å². The van der Waals surface area contributed by atoms with Gasteiger partial charge in [0.05, 0.1) is 16.6 Å². The molecule has 0 amide bonds. The zero-order chi connectivity index (χ0) is 18.2. The quantitative estimate of drug-likeness (QED) is 0.724. The fraction of sp³-hybridized carbons (Fsp3) is 0.316. The monoisotopic (exact) mass is 420 g/mol. The van der Waals surface area contributed by atoms with Crippen molar-refractivity contribution in [2.24, 2.45) is 10.5 Å². The fourth-order valence-electron chi connectivity index (χ4n) is 2.87. The van der Waals surface area contributed by atoms with Gasteiger partial charge in [-0.15, -0.1) is 0 Å². The first-order chi connectivity index (χ1) is 11.7. The first-order valence-corrected chi connectivity index (χ1v) is 10.4. The first-order valence-electron chi connectivity index (χ1n) is 8.12. The topological polar surface area (TPSA) is 49.7 Å². The summed E-state index contributed by atoms with van der Waals surface area (Å²) in [5.41, 5.74) is 1.51. The van der Waals surface area contributed by atoms with E-state index in [0.29, 0.717) is 6.42 Å². The minimum absolute atomic E-state index is 0.226. The molecule has 6 heteroatoms. The predicted octanol–water partition coefficient (Wildman–Crippen LogP) is 4.66. The van der Waals surface area contributed by atoms with Crippen molar-refractivity contribution in [3.63, 3.8) is 0 Å². The Morgan fingerprint density at radius 3 is 2.20 bits per heavy atom. The van der Waals surface area contributed by atoms with Crippen LogP contribution >= 0.6 is 15.9 Å². The molecule has 0 aromatic heterocycles. The normalized spacial score (nSPS) is 18.3. The minimum atomic E-state index is -3.68. The van der Waals surface area contributed by atoms with Crippen molar-refractivity contribution in [1.29, 1.82) is 0 Å². The number of halogens is 1. The van der Waals surface area contributed by atoms with Gasteiger partial charge in [-0.3, -0.25) is 0 Å². The van der Waals surface area contributed by atoms with E-state index >= 15 is 0 Å². The summed E-state index contributed by atoms with van der Waals surface area (Å²) < 4.78 is 28.6. The maximum Gasteiger partial charge on any atom is 0.279 e. The summed E-state index contributed by atoms with van der Waals surface area (Å²) in [5.74, 6) is 0. The second-order valence-corrected chi connectivity index (χ2v) is 9.94. The van der Waals surface area contributed by atoms with Gasteiger partial charge in [0.2, 0.25) is 0 Å². The van der Waals surface area contributed by atoms with Crippen molar-refractivity contribution in [2.75, 3.05) is 0 Å².